The summed E-state index contributed by atoms with van der Waals surface area (Å²) in [5.74, 6) is -0.442. The summed E-state index contributed by atoms with van der Waals surface area (Å²) in [6.45, 7) is 5.37. The summed E-state index contributed by atoms with van der Waals surface area (Å²) >= 11 is 0. The summed E-state index contributed by atoms with van der Waals surface area (Å²) < 4.78 is 0. The fourth-order valence-electron chi connectivity index (χ4n) is 3.84. The van der Waals surface area contributed by atoms with Crippen molar-refractivity contribution in [2.75, 3.05) is 57.3 Å². The predicted molar refractivity (Wildman–Crippen MR) is 106 cm³/mol. The molecule has 4 rings (SSSR count). The standard InChI is InChI=1S/C20H25N5O2/c21-6-8-23(9-7-22)10-13-25-19(26)15-3-1-2-14-17(24-11-12-24)5-4-16(18(14)15)20(25)27/h1-5H,6-13,21-22H2. The molecule has 2 amide bonds. The van der Waals surface area contributed by atoms with Crippen molar-refractivity contribution in [3.63, 3.8) is 0 Å². The van der Waals surface area contributed by atoms with E-state index in [9.17, 15) is 9.59 Å². The molecule has 1 saturated heterocycles. The topological polar surface area (TPSA) is 95.7 Å². The predicted octanol–water partition coefficient (Wildman–Crippen LogP) is 0.475. The molecule has 0 saturated carbocycles. The third-order valence-corrected chi connectivity index (χ3v) is 5.29. The number of imide groups is 1. The molecule has 2 aliphatic rings. The summed E-state index contributed by atoms with van der Waals surface area (Å²) in [4.78, 5) is 31.8. The van der Waals surface area contributed by atoms with Gasteiger partial charge in [-0.05, 0) is 18.2 Å². The third kappa shape index (κ3) is 3.18. The number of hydrogen-bond donors (Lipinski definition) is 2. The largest absolute Gasteiger partial charge is 0.367 e. The van der Waals surface area contributed by atoms with Gasteiger partial charge in [0.1, 0.15) is 0 Å². The molecule has 1 fully saturated rings. The molecule has 0 radical (unpaired) electrons. The minimum atomic E-state index is -0.221. The molecule has 0 aromatic heterocycles. The quantitative estimate of drug-likeness (QED) is 0.520. The van der Waals surface area contributed by atoms with Crippen molar-refractivity contribution in [1.29, 1.82) is 0 Å². The second-order valence-corrected chi connectivity index (χ2v) is 7.03. The van der Waals surface area contributed by atoms with E-state index in [4.69, 9.17) is 11.5 Å². The molecule has 0 bridgehead atoms. The van der Waals surface area contributed by atoms with Crippen LogP contribution in [0.15, 0.2) is 30.3 Å². The summed E-state index contributed by atoms with van der Waals surface area (Å²) in [7, 11) is 0. The highest BCUT2D eigenvalue weighted by atomic mass is 16.2. The Hall–Kier alpha value is -2.48. The molecule has 2 aliphatic heterocycles. The Labute approximate surface area is 158 Å². The highest BCUT2D eigenvalue weighted by Crippen LogP contribution is 2.37. The van der Waals surface area contributed by atoms with E-state index < -0.39 is 0 Å². The van der Waals surface area contributed by atoms with E-state index in [1.165, 1.54) is 4.90 Å². The van der Waals surface area contributed by atoms with Crippen LogP contribution in [-0.4, -0.2) is 74.0 Å². The minimum Gasteiger partial charge on any atom is -0.367 e. The van der Waals surface area contributed by atoms with E-state index >= 15 is 0 Å². The van der Waals surface area contributed by atoms with Crippen LogP contribution in [0, 0.1) is 0 Å². The number of amides is 2. The zero-order valence-corrected chi connectivity index (χ0v) is 15.4. The van der Waals surface area contributed by atoms with Gasteiger partial charge in [0.15, 0.2) is 0 Å². The molecule has 0 aliphatic carbocycles. The molecule has 27 heavy (non-hydrogen) atoms. The zero-order valence-electron chi connectivity index (χ0n) is 15.4. The number of anilines is 1. The van der Waals surface area contributed by atoms with Crippen molar-refractivity contribution >= 4 is 28.3 Å². The summed E-state index contributed by atoms with van der Waals surface area (Å²) in [5, 5.41) is 1.77. The van der Waals surface area contributed by atoms with Gasteiger partial charge >= 0.3 is 0 Å². The lowest BCUT2D eigenvalue weighted by Gasteiger charge is -2.30. The molecule has 2 aromatic rings. The minimum absolute atomic E-state index is 0.221. The number of nitrogens with two attached hydrogens (primary N) is 2. The Morgan fingerprint density at radius 2 is 1.56 bits per heavy atom. The van der Waals surface area contributed by atoms with Crippen LogP contribution in [0.2, 0.25) is 0 Å². The first-order valence-electron chi connectivity index (χ1n) is 9.45. The number of carbonyl (C=O) groups excluding carboxylic acids is 2. The first-order chi connectivity index (χ1) is 13.2. The average Bonchev–Trinajstić information content (AvgIpc) is 3.51. The molecule has 7 heteroatoms. The Balaban J connectivity index is 1.65. The van der Waals surface area contributed by atoms with Crippen LogP contribution in [0.1, 0.15) is 20.7 Å². The molecule has 0 unspecified atom stereocenters. The summed E-state index contributed by atoms with van der Waals surface area (Å²) in [6.07, 6.45) is 0. The first-order valence-corrected chi connectivity index (χ1v) is 9.45. The lowest BCUT2D eigenvalue weighted by molar-refractivity contribution is 0.0594. The normalized spacial score (nSPS) is 16.0. The molecule has 4 N–H and O–H groups in total. The number of rotatable bonds is 8. The molecule has 0 spiro atoms. The lowest BCUT2D eigenvalue weighted by Crippen LogP contribution is -2.46. The average molecular weight is 367 g/mol. The van der Waals surface area contributed by atoms with Gasteiger partial charge in [0.05, 0.1) is 0 Å². The van der Waals surface area contributed by atoms with Gasteiger partial charge in [-0.3, -0.25) is 19.4 Å². The highest BCUT2D eigenvalue weighted by Gasteiger charge is 2.34. The van der Waals surface area contributed by atoms with Gasteiger partial charge in [0, 0.05) is 79.9 Å². The maximum Gasteiger partial charge on any atom is 0.261 e. The highest BCUT2D eigenvalue weighted by molar-refractivity contribution is 6.26. The number of nitrogens with zero attached hydrogens (tertiary/aromatic N) is 3. The molecule has 0 atom stereocenters. The van der Waals surface area contributed by atoms with Gasteiger partial charge in [-0.15, -0.1) is 0 Å². The van der Waals surface area contributed by atoms with Crippen LogP contribution in [-0.2, 0) is 0 Å². The monoisotopic (exact) mass is 367 g/mol. The Morgan fingerprint density at radius 1 is 0.889 bits per heavy atom. The van der Waals surface area contributed by atoms with Crippen molar-refractivity contribution in [3.8, 4) is 0 Å². The van der Waals surface area contributed by atoms with Crippen molar-refractivity contribution in [2.24, 2.45) is 11.5 Å². The maximum atomic E-state index is 13.1. The number of benzene rings is 2. The lowest BCUT2D eigenvalue weighted by atomic mass is 9.93. The van der Waals surface area contributed by atoms with Crippen molar-refractivity contribution < 1.29 is 9.59 Å². The van der Waals surface area contributed by atoms with Gasteiger partial charge < -0.3 is 16.4 Å². The second-order valence-electron chi connectivity index (χ2n) is 7.03. The molecular formula is C20H25N5O2. The van der Waals surface area contributed by atoms with E-state index in [1.807, 2.05) is 30.3 Å². The fourth-order valence-corrected chi connectivity index (χ4v) is 3.84. The molecule has 2 heterocycles. The van der Waals surface area contributed by atoms with E-state index in [0.29, 0.717) is 50.4 Å². The third-order valence-electron chi connectivity index (χ3n) is 5.29. The zero-order chi connectivity index (χ0) is 19.0. The van der Waals surface area contributed by atoms with Crippen molar-refractivity contribution in [2.45, 2.75) is 0 Å². The van der Waals surface area contributed by atoms with Crippen molar-refractivity contribution in [1.82, 2.24) is 9.80 Å². The number of hydrogen-bond acceptors (Lipinski definition) is 6. The Morgan fingerprint density at radius 3 is 2.19 bits per heavy atom. The second kappa shape index (κ2) is 7.26. The fraction of sp³-hybridized carbons (Fsp3) is 0.400. The summed E-state index contributed by atoms with van der Waals surface area (Å²) in [6, 6.07) is 9.57. The molecule has 2 aromatic carbocycles. The van der Waals surface area contributed by atoms with E-state index in [2.05, 4.69) is 9.80 Å². The van der Waals surface area contributed by atoms with Crippen LogP contribution in [0.5, 0.6) is 0 Å². The molecule has 142 valence electrons. The first kappa shape index (κ1) is 17.9. The van der Waals surface area contributed by atoms with Gasteiger partial charge in [0.25, 0.3) is 11.8 Å². The van der Waals surface area contributed by atoms with Gasteiger partial charge in [-0.25, -0.2) is 0 Å². The van der Waals surface area contributed by atoms with Crippen LogP contribution in [0.4, 0.5) is 5.69 Å². The summed E-state index contributed by atoms with van der Waals surface area (Å²) in [5.41, 5.74) is 13.6. The molecular weight excluding hydrogens is 342 g/mol. The SMILES string of the molecule is NCCN(CCN)CCN1C(=O)c2cccc3c(N4CC4)ccc(c23)C1=O. The number of carbonyl (C=O) groups is 2. The van der Waals surface area contributed by atoms with E-state index in [1.54, 1.807) is 0 Å². The van der Waals surface area contributed by atoms with Crippen LogP contribution in [0.25, 0.3) is 10.8 Å². The maximum absolute atomic E-state index is 13.1. The van der Waals surface area contributed by atoms with Gasteiger partial charge in [-0.1, -0.05) is 12.1 Å². The van der Waals surface area contributed by atoms with Gasteiger partial charge in [-0.2, -0.15) is 0 Å². The van der Waals surface area contributed by atoms with Crippen molar-refractivity contribution in [3.05, 3.63) is 41.5 Å². The Kier molecular flexibility index (Phi) is 4.82. The van der Waals surface area contributed by atoms with E-state index in [0.717, 1.165) is 29.5 Å². The Bertz CT molecular complexity index is 865. The van der Waals surface area contributed by atoms with E-state index in [-0.39, 0.29) is 11.8 Å². The van der Waals surface area contributed by atoms with Crippen LogP contribution < -0.4 is 16.4 Å². The van der Waals surface area contributed by atoms with Crippen LogP contribution >= 0.6 is 0 Å². The smallest absolute Gasteiger partial charge is 0.261 e. The van der Waals surface area contributed by atoms with Gasteiger partial charge in [0.2, 0.25) is 0 Å². The molecule has 7 nitrogen and oxygen atoms in total. The van der Waals surface area contributed by atoms with Crippen LogP contribution in [0.3, 0.4) is 0 Å².